The summed E-state index contributed by atoms with van der Waals surface area (Å²) in [6.45, 7) is 1.95. The van der Waals surface area contributed by atoms with Crippen molar-refractivity contribution in [3.8, 4) is 11.8 Å². The number of carbonyl (C=O) groups excluding carboxylic acids is 1. The Morgan fingerprint density at radius 2 is 1.74 bits per heavy atom. The van der Waals surface area contributed by atoms with Gasteiger partial charge in [0.05, 0.1) is 20.3 Å². The molecule has 0 saturated heterocycles. The van der Waals surface area contributed by atoms with Crippen LogP contribution in [0.5, 0.6) is 0 Å². The summed E-state index contributed by atoms with van der Waals surface area (Å²) in [5.74, 6) is -0.658. The first kappa shape index (κ1) is 23.5. The smallest absolute Gasteiger partial charge is 0.273 e. The fourth-order valence-electron chi connectivity index (χ4n) is 3.31. The van der Waals surface area contributed by atoms with Crippen molar-refractivity contribution in [1.29, 1.82) is 5.26 Å². The topological polar surface area (TPSA) is 74.9 Å². The van der Waals surface area contributed by atoms with E-state index in [1.165, 1.54) is 10.6 Å². The van der Waals surface area contributed by atoms with Crippen molar-refractivity contribution in [3.05, 3.63) is 114 Å². The van der Waals surface area contributed by atoms with Crippen LogP contribution < -0.4 is 20.1 Å². The number of nitrogens with zero attached hydrogens (tertiary/aromatic N) is 2. The van der Waals surface area contributed by atoms with Gasteiger partial charge in [-0.3, -0.25) is 14.2 Å². The molecule has 1 aromatic heterocycles. The number of thiazole rings is 1. The highest BCUT2D eigenvalue weighted by Gasteiger charge is 2.17. The maximum atomic E-state index is 13.4. The van der Waals surface area contributed by atoms with Crippen molar-refractivity contribution in [2.24, 2.45) is 0 Å². The molecule has 0 saturated carbocycles. The van der Waals surface area contributed by atoms with Gasteiger partial charge in [-0.15, -0.1) is 11.3 Å². The van der Waals surface area contributed by atoms with Crippen molar-refractivity contribution in [3.63, 3.8) is 0 Å². The molecule has 0 atom stereocenters. The molecule has 0 aliphatic carbocycles. The van der Waals surface area contributed by atoms with Crippen LogP contribution in [0.4, 0.5) is 5.69 Å². The number of anilines is 1. The fourth-order valence-corrected chi connectivity index (χ4v) is 4.71. The van der Waals surface area contributed by atoms with E-state index in [1.807, 2.05) is 43.3 Å². The molecular formula is C26H17Cl2N3O2S. The summed E-state index contributed by atoms with van der Waals surface area (Å²) in [5, 5.41) is 13.2. The lowest BCUT2D eigenvalue weighted by molar-refractivity contribution is -0.111. The van der Waals surface area contributed by atoms with Gasteiger partial charge >= 0.3 is 0 Å². The van der Waals surface area contributed by atoms with Crippen LogP contribution in [0, 0.1) is 18.3 Å². The first-order chi connectivity index (χ1) is 16.4. The minimum atomic E-state index is -0.658. The highest BCUT2D eigenvalue weighted by Crippen LogP contribution is 2.25. The molecule has 34 heavy (non-hydrogen) atoms. The van der Waals surface area contributed by atoms with Crippen LogP contribution in [0.2, 0.25) is 10.0 Å². The zero-order valence-electron chi connectivity index (χ0n) is 17.9. The highest BCUT2D eigenvalue weighted by molar-refractivity contribution is 7.07. The third-order valence-electron chi connectivity index (χ3n) is 5.04. The van der Waals surface area contributed by atoms with Gasteiger partial charge in [0.25, 0.3) is 11.5 Å². The number of rotatable bonds is 4. The molecule has 5 nitrogen and oxygen atoms in total. The molecule has 1 heterocycles. The molecule has 0 aliphatic heterocycles. The normalized spacial score (nSPS) is 12.2. The Hall–Kier alpha value is -3.63. The van der Waals surface area contributed by atoms with Crippen LogP contribution in [0.25, 0.3) is 17.3 Å². The minimum Gasteiger partial charge on any atom is -0.321 e. The van der Waals surface area contributed by atoms with Gasteiger partial charge in [-0.2, -0.15) is 5.26 Å². The Balaban J connectivity index is 1.95. The molecule has 4 aromatic rings. The number of nitriles is 1. The Labute approximate surface area is 209 Å². The average molecular weight is 506 g/mol. The monoisotopic (exact) mass is 505 g/mol. The molecule has 1 N–H and O–H groups in total. The number of halogens is 2. The van der Waals surface area contributed by atoms with Gasteiger partial charge in [-0.25, -0.2) is 0 Å². The third-order valence-corrected chi connectivity index (χ3v) is 6.87. The number of nitrogens with one attached hydrogen (secondary N) is 1. The Bertz CT molecular complexity index is 1620. The summed E-state index contributed by atoms with van der Waals surface area (Å²) in [4.78, 5) is 26.5. The van der Waals surface area contributed by atoms with Crippen molar-refractivity contribution in [1.82, 2.24) is 4.57 Å². The first-order valence-electron chi connectivity index (χ1n) is 10.1. The number of amides is 1. The number of hydrogen-bond donors (Lipinski definition) is 1. The molecule has 0 spiro atoms. The molecule has 168 valence electrons. The molecule has 0 unspecified atom stereocenters. The van der Waals surface area contributed by atoms with E-state index in [4.69, 9.17) is 23.2 Å². The van der Waals surface area contributed by atoms with Gasteiger partial charge in [0, 0.05) is 5.69 Å². The van der Waals surface area contributed by atoms with Crippen LogP contribution in [0.3, 0.4) is 0 Å². The molecular weight excluding hydrogens is 489 g/mol. The summed E-state index contributed by atoms with van der Waals surface area (Å²) in [5.41, 5.74) is 2.31. The van der Waals surface area contributed by atoms with Crippen molar-refractivity contribution >= 4 is 57.8 Å². The largest absolute Gasteiger partial charge is 0.321 e. The van der Waals surface area contributed by atoms with Crippen molar-refractivity contribution in [2.75, 3.05) is 5.32 Å². The van der Waals surface area contributed by atoms with E-state index in [1.54, 1.807) is 42.5 Å². The van der Waals surface area contributed by atoms with E-state index in [0.717, 1.165) is 22.5 Å². The highest BCUT2D eigenvalue weighted by atomic mass is 35.5. The third kappa shape index (κ3) is 4.82. The summed E-state index contributed by atoms with van der Waals surface area (Å²) in [6, 6.07) is 23.2. The second-order valence-corrected chi connectivity index (χ2v) is 9.16. The number of hydrogen-bond acceptors (Lipinski definition) is 4. The molecule has 1 amide bonds. The molecule has 0 fully saturated rings. The fraction of sp³-hybridized carbons (Fsp3) is 0.0385. The molecule has 3 aromatic carbocycles. The Morgan fingerprint density at radius 3 is 2.41 bits per heavy atom. The number of benzene rings is 3. The summed E-state index contributed by atoms with van der Waals surface area (Å²) in [6.07, 6.45) is 1.77. The Kier molecular flexibility index (Phi) is 6.99. The van der Waals surface area contributed by atoms with Gasteiger partial charge in [-0.1, -0.05) is 65.7 Å². The summed E-state index contributed by atoms with van der Waals surface area (Å²) < 4.78 is 2.03. The van der Waals surface area contributed by atoms with Crippen LogP contribution in [0.15, 0.2) is 77.6 Å². The maximum absolute atomic E-state index is 13.4. The molecule has 8 heteroatoms. The molecule has 0 aliphatic rings. The predicted molar refractivity (Wildman–Crippen MR) is 138 cm³/mol. The van der Waals surface area contributed by atoms with E-state index in [-0.39, 0.29) is 20.8 Å². The van der Waals surface area contributed by atoms with Gasteiger partial charge < -0.3 is 5.32 Å². The maximum Gasteiger partial charge on any atom is 0.273 e. The Morgan fingerprint density at radius 1 is 1.03 bits per heavy atom. The zero-order valence-corrected chi connectivity index (χ0v) is 20.2. The second-order valence-electron chi connectivity index (χ2n) is 7.32. The van der Waals surface area contributed by atoms with Crippen LogP contribution in [0.1, 0.15) is 11.1 Å². The van der Waals surface area contributed by atoms with Gasteiger partial charge in [-0.05, 0) is 54.5 Å². The minimum absolute atomic E-state index is 0.193. The van der Waals surface area contributed by atoms with Gasteiger partial charge in [0.1, 0.15) is 10.7 Å². The van der Waals surface area contributed by atoms with Crippen LogP contribution in [-0.2, 0) is 4.79 Å². The van der Waals surface area contributed by atoms with E-state index >= 15 is 0 Å². The second kappa shape index (κ2) is 10.1. The number of para-hydroxylation sites is 1. The van der Waals surface area contributed by atoms with E-state index < -0.39 is 5.91 Å². The standard InChI is InChI=1S/C26H17Cl2N3O2S/c1-16-7-5-6-8-17(16)13-23-25(33)31(19-9-3-2-4-10-19)26(34-23)20(15-29)24(32)30-18-11-12-21(27)22(28)14-18/h2-14H,1H3,(H,30,32)/b23-13+,26-20-. The van der Waals surface area contributed by atoms with Crippen LogP contribution in [-0.4, -0.2) is 10.5 Å². The van der Waals surface area contributed by atoms with Crippen LogP contribution >= 0.6 is 34.5 Å². The summed E-state index contributed by atoms with van der Waals surface area (Å²) in [7, 11) is 0. The molecule has 4 rings (SSSR count). The SMILES string of the molecule is Cc1ccccc1/C=c1/s/c(=C(/C#N)C(=O)Nc2ccc(Cl)c(Cl)c2)n(-c2ccccc2)c1=O. The first-order valence-corrected chi connectivity index (χ1v) is 11.7. The van der Waals surface area contributed by atoms with E-state index in [9.17, 15) is 14.9 Å². The predicted octanol–water partition coefficient (Wildman–Crippen LogP) is 4.66. The van der Waals surface area contributed by atoms with E-state index in [0.29, 0.717) is 20.9 Å². The van der Waals surface area contributed by atoms with Gasteiger partial charge in [0.2, 0.25) is 0 Å². The zero-order chi connectivity index (χ0) is 24.2. The number of aromatic nitrogens is 1. The molecule has 0 bridgehead atoms. The van der Waals surface area contributed by atoms with E-state index in [2.05, 4.69) is 5.32 Å². The number of aryl methyl sites for hydroxylation is 1. The lowest BCUT2D eigenvalue weighted by atomic mass is 10.1. The van der Waals surface area contributed by atoms with Crippen molar-refractivity contribution in [2.45, 2.75) is 6.92 Å². The van der Waals surface area contributed by atoms with Gasteiger partial charge in [0.15, 0.2) is 5.57 Å². The number of carbonyl (C=O) groups is 1. The molecule has 0 radical (unpaired) electrons. The lowest BCUT2D eigenvalue weighted by Gasteiger charge is -2.06. The quantitative estimate of drug-likeness (QED) is 0.438. The summed E-state index contributed by atoms with van der Waals surface area (Å²) >= 11 is 13.1. The average Bonchev–Trinajstić information content (AvgIpc) is 3.14. The van der Waals surface area contributed by atoms with Crippen molar-refractivity contribution < 1.29 is 4.79 Å². The lowest BCUT2D eigenvalue weighted by Crippen LogP contribution is -2.32.